The van der Waals surface area contributed by atoms with Crippen LogP contribution in [0.2, 0.25) is 0 Å². The molecular weight excluding hydrogens is 172 g/mol. The molecule has 3 aliphatic rings. The van der Waals surface area contributed by atoms with Crippen LogP contribution < -0.4 is 0 Å². The normalized spacial score (nSPS) is 34.9. The van der Waals surface area contributed by atoms with Crippen molar-refractivity contribution in [1.29, 1.82) is 0 Å². The summed E-state index contributed by atoms with van der Waals surface area (Å²) >= 11 is 3.89. The molecule has 4 heteroatoms. The van der Waals surface area contributed by atoms with Crippen LogP contribution in [0.25, 0.3) is 0 Å². The fourth-order valence-electron chi connectivity index (χ4n) is 2.14. The monoisotopic (exact) mass is 186 g/mol. The van der Waals surface area contributed by atoms with E-state index in [0.29, 0.717) is 6.04 Å². The van der Waals surface area contributed by atoms with Crippen molar-refractivity contribution in [3.05, 3.63) is 0 Å². The van der Waals surface area contributed by atoms with Gasteiger partial charge in [-0.25, -0.2) is 0 Å². The maximum Gasteiger partial charge on any atom is 0.278 e. The quantitative estimate of drug-likeness (QED) is 0.566. The first kappa shape index (κ1) is 8.38. The van der Waals surface area contributed by atoms with Crippen LogP contribution in [-0.2, 0) is 0 Å². The number of nitrogens with zero attached hydrogens (tertiary/aromatic N) is 2. The Kier molecular flexibility index (Phi) is 2.28. The predicted octanol–water partition coefficient (Wildman–Crippen LogP) is 0.816. The van der Waals surface area contributed by atoms with Crippen molar-refractivity contribution in [3.8, 4) is 0 Å². The average Bonchev–Trinajstić information content (AvgIpc) is 2.36. The molecule has 0 radical (unpaired) electrons. The molecule has 68 valence electrons. The van der Waals surface area contributed by atoms with E-state index >= 15 is 0 Å². The van der Waals surface area contributed by atoms with Gasteiger partial charge >= 0.3 is 0 Å². The van der Waals surface area contributed by atoms with Crippen molar-refractivity contribution in [2.75, 3.05) is 26.2 Å². The average molecular weight is 186 g/mol. The summed E-state index contributed by atoms with van der Waals surface area (Å²) in [6, 6.07) is 0.466. The van der Waals surface area contributed by atoms with Crippen LogP contribution in [0, 0.1) is 0 Å². The highest BCUT2D eigenvalue weighted by atomic mass is 32.1. The first-order valence-corrected chi connectivity index (χ1v) is 4.94. The maximum absolute atomic E-state index is 11.1. The third-order valence-electron chi connectivity index (χ3n) is 2.90. The number of hydrogen-bond donors (Lipinski definition) is 1. The lowest BCUT2D eigenvalue weighted by molar-refractivity contribution is 0.191. The number of carbonyl (C=O) groups excluding carboxylic acids is 1. The lowest BCUT2D eigenvalue weighted by Gasteiger charge is -2.30. The molecule has 0 saturated carbocycles. The molecule has 2 bridgehead atoms. The number of thiol groups is 1. The van der Waals surface area contributed by atoms with Gasteiger partial charge in [-0.05, 0) is 12.8 Å². The smallest absolute Gasteiger partial charge is 0.278 e. The molecule has 0 aromatic carbocycles. The Morgan fingerprint density at radius 3 is 2.42 bits per heavy atom. The van der Waals surface area contributed by atoms with E-state index in [1.807, 2.05) is 4.90 Å². The van der Waals surface area contributed by atoms with Crippen LogP contribution in [0.4, 0.5) is 4.79 Å². The first-order valence-electron chi connectivity index (χ1n) is 4.49. The van der Waals surface area contributed by atoms with E-state index in [1.54, 1.807) is 0 Å². The van der Waals surface area contributed by atoms with Gasteiger partial charge < -0.3 is 9.80 Å². The molecule has 3 fully saturated rings. The molecule has 3 rings (SSSR count). The molecule has 0 aromatic heterocycles. The molecule has 3 aliphatic heterocycles. The summed E-state index contributed by atoms with van der Waals surface area (Å²) in [5.74, 6) is 0. The SMILES string of the molecule is O=C(S)N1CCN2CCC1CC2. The van der Waals surface area contributed by atoms with Crippen LogP contribution in [-0.4, -0.2) is 47.3 Å². The first-order chi connectivity index (χ1) is 5.77. The predicted molar refractivity (Wildman–Crippen MR) is 50.6 cm³/mol. The minimum Gasteiger partial charge on any atom is -0.329 e. The molecule has 3 heterocycles. The zero-order valence-corrected chi connectivity index (χ0v) is 7.96. The lowest BCUT2D eigenvalue weighted by Crippen LogP contribution is -2.39. The fourth-order valence-corrected chi connectivity index (χ4v) is 2.40. The minimum atomic E-state index is -0.0521. The minimum absolute atomic E-state index is 0.0521. The van der Waals surface area contributed by atoms with Gasteiger partial charge in [-0.15, -0.1) is 0 Å². The molecule has 0 unspecified atom stereocenters. The lowest BCUT2D eigenvalue weighted by atomic mass is 10.1. The highest BCUT2D eigenvalue weighted by molar-refractivity contribution is 7.96. The number of hydrogen-bond acceptors (Lipinski definition) is 2. The summed E-state index contributed by atoms with van der Waals surface area (Å²) in [7, 11) is 0. The van der Waals surface area contributed by atoms with Crippen molar-refractivity contribution < 1.29 is 4.79 Å². The van der Waals surface area contributed by atoms with Crippen LogP contribution in [0.15, 0.2) is 0 Å². The van der Waals surface area contributed by atoms with Crippen LogP contribution in [0.3, 0.4) is 0 Å². The van der Waals surface area contributed by atoms with E-state index in [4.69, 9.17) is 0 Å². The fraction of sp³-hybridized carbons (Fsp3) is 0.875. The Morgan fingerprint density at radius 2 is 1.83 bits per heavy atom. The summed E-state index contributed by atoms with van der Waals surface area (Å²) < 4.78 is 0. The van der Waals surface area contributed by atoms with Crippen molar-refractivity contribution >= 4 is 17.9 Å². The summed E-state index contributed by atoms with van der Waals surface area (Å²) in [4.78, 5) is 15.4. The van der Waals surface area contributed by atoms with E-state index < -0.39 is 0 Å². The second kappa shape index (κ2) is 3.26. The second-order valence-corrected chi connectivity index (χ2v) is 3.93. The third kappa shape index (κ3) is 1.45. The molecule has 0 atom stereocenters. The zero-order valence-electron chi connectivity index (χ0n) is 7.07. The molecule has 0 aliphatic carbocycles. The summed E-state index contributed by atoms with van der Waals surface area (Å²) in [6.07, 6.45) is 2.26. The number of fused-ring (bicyclic) bond motifs is 4. The molecule has 3 saturated heterocycles. The van der Waals surface area contributed by atoms with Crippen LogP contribution >= 0.6 is 12.6 Å². The number of carbonyl (C=O) groups is 1. The standard InChI is InChI=1S/C8H14N2OS/c11-8(12)10-6-5-9-3-1-7(10)2-4-9/h7H,1-6H2,(H,11,12). The topological polar surface area (TPSA) is 23.6 Å². The van der Waals surface area contributed by atoms with E-state index in [0.717, 1.165) is 39.0 Å². The number of amides is 1. The van der Waals surface area contributed by atoms with Crippen LogP contribution in [0.1, 0.15) is 12.8 Å². The molecule has 12 heavy (non-hydrogen) atoms. The summed E-state index contributed by atoms with van der Waals surface area (Å²) in [6.45, 7) is 4.21. The Balaban J connectivity index is 2.10. The molecule has 1 amide bonds. The van der Waals surface area contributed by atoms with Gasteiger partial charge in [-0.2, -0.15) is 0 Å². The van der Waals surface area contributed by atoms with Gasteiger partial charge in [-0.3, -0.25) is 4.79 Å². The molecule has 0 N–H and O–H groups in total. The van der Waals surface area contributed by atoms with Crippen molar-refractivity contribution in [3.63, 3.8) is 0 Å². The van der Waals surface area contributed by atoms with Gasteiger partial charge in [0.1, 0.15) is 0 Å². The molecule has 0 spiro atoms. The van der Waals surface area contributed by atoms with Gasteiger partial charge in [0, 0.05) is 32.2 Å². The van der Waals surface area contributed by atoms with E-state index in [1.165, 1.54) is 0 Å². The van der Waals surface area contributed by atoms with Crippen molar-refractivity contribution in [2.45, 2.75) is 18.9 Å². The number of rotatable bonds is 0. The summed E-state index contributed by atoms with van der Waals surface area (Å²) in [5, 5.41) is -0.0521. The van der Waals surface area contributed by atoms with Gasteiger partial charge in [0.25, 0.3) is 5.24 Å². The highest BCUT2D eigenvalue weighted by Gasteiger charge is 2.30. The van der Waals surface area contributed by atoms with Crippen molar-refractivity contribution in [1.82, 2.24) is 9.80 Å². The van der Waals surface area contributed by atoms with Gasteiger partial charge in [-0.1, -0.05) is 12.6 Å². The summed E-state index contributed by atoms with van der Waals surface area (Å²) in [5.41, 5.74) is 0. The molecule has 3 nitrogen and oxygen atoms in total. The Bertz CT molecular complexity index is 189. The van der Waals surface area contributed by atoms with E-state index in [9.17, 15) is 4.79 Å². The molecule has 0 aromatic rings. The highest BCUT2D eigenvalue weighted by Crippen LogP contribution is 2.21. The van der Waals surface area contributed by atoms with Crippen LogP contribution in [0.5, 0.6) is 0 Å². The van der Waals surface area contributed by atoms with E-state index in [2.05, 4.69) is 17.5 Å². The Morgan fingerprint density at radius 1 is 1.17 bits per heavy atom. The molecular formula is C8H14N2OS. The van der Waals surface area contributed by atoms with Gasteiger partial charge in [0.05, 0.1) is 0 Å². The van der Waals surface area contributed by atoms with Gasteiger partial charge in [0.2, 0.25) is 0 Å². The zero-order chi connectivity index (χ0) is 8.55. The van der Waals surface area contributed by atoms with E-state index in [-0.39, 0.29) is 5.24 Å². The Labute approximate surface area is 78.1 Å². The third-order valence-corrected chi connectivity index (χ3v) is 3.16. The van der Waals surface area contributed by atoms with Crippen molar-refractivity contribution in [2.24, 2.45) is 0 Å². The second-order valence-electron chi connectivity index (χ2n) is 3.55. The largest absolute Gasteiger partial charge is 0.329 e. The Hall–Kier alpha value is -0.220. The number of piperidine rings is 1. The van der Waals surface area contributed by atoms with Gasteiger partial charge in [0.15, 0.2) is 0 Å². The maximum atomic E-state index is 11.1.